The van der Waals surface area contributed by atoms with Crippen LogP contribution in [0.2, 0.25) is 0 Å². The van der Waals surface area contributed by atoms with Crippen molar-refractivity contribution in [1.29, 1.82) is 0 Å². The number of carbonyl (C=O) groups is 1. The highest BCUT2D eigenvalue weighted by atomic mass is 32.2. The van der Waals surface area contributed by atoms with Gasteiger partial charge in [0.05, 0.1) is 17.1 Å². The lowest BCUT2D eigenvalue weighted by Crippen LogP contribution is -2.33. The Balaban J connectivity index is 3.15. The minimum absolute atomic E-state index is 0.183. The van der Waals surface area contributed by atoms with E-state index in [0.29, 0.717) is 0 Å². The molecule has 0 radical (unpaired) electrons. The van der Waals surface area contributed by atoms with Crippen LogP contribution in [-0.2, 0) is 14.8 Å². The zero-order valence-corrected chi connectivity index (χ0v) is 9.84. The normalized spacial score (nSPS) is 11.4. The third kappa shape index (κ3) is 3.14. The minimum atomic E-state index is -3.92. The van der Waals surface area contributed by atoms with Crippen molar-refractivity contribution in [3.8, 4) is 0 Å². The molecule has 0 saturated heterocycles. The molecule has 6 nitrogen and oxygen atoms in total. The van der Waals surface area contributed by atoms with Crippen LogP contribution in [0.5, 0.6) is 0 Å². The van der Waals surface area contributed by atoms with Gasteiger partial charge in [-0.25, -0.2) is 17.5 Å². The molecule has 0 aromatic heterocycles. The summed E-state index contributed by atoms with van der Waals surface area (Å²) in [6, 6.07) is 2.00. The molecule has 0 unspecified atom stereocenters. The van der Waals surface area contributed by atoms with Crippen LogP contribution in [0.15, 0.2) is 17.0 Å². The third-order valence-electron chi connectivity index (χ3n) is 2.02. The van der Waals surface area contributed by atoms with Crippen LogP contribution in [-0.4, -0.2) is 20.9 Å². The molecule has 1 aromatic rings. The molecule has 0 bridgehead atoms. The predicted molar refractivity (Wildman–Crippen MR) is 59.9 cm³/mol. The third-order valence-corrected chi connectivity index (χ3v) is 3.56. The number of nitrogens with one attached hydrogen (secondary N) is 1. The standard InChI is InChI=1S/C9H12FN3O3S/c1-5-2-6(10)7(11)3-8(5)17(15,16)13-4-9(12)14/h2-3,13H,4,11H2,1H3,(H2,12,14). The number of nitrogen functional groups attached to an aromatic ring is 1. The van der Waals surface area contributed by atoms with Gasteiger partial charge in [0.1, 0.15) is 5.82 Å². The first kappa shape index (κ1) is 13.4. The van der Waals surface area contributed by atoms with E-state index in [9.17, 15) is 17.6 Å². The molecule has 1 aromatic carbocycles. The van der Waals surface area contributed by atoms with E-state index in [2.05, 4.69) is 0 Å². The lowest BCUT2D eigenvalue weighted by molar-refractivity contribution is -0.116. The Kier molecular flexibility index (Phi) is 3.69. The van der Waals surface area contributed by atoms with E-state index in [-0.39, 0.29) is 16.1 Å². The van der Waals surface area contributed by atoms with Crippen LogP contribution in [0.1, 0.15) is 5.56 Å². The number of anilines is 1. The number of nitrogens with two attached hydrogens (primary N) is 2. The van der Waals surface area contributed by atoms with Crippen molar-refractivity contribution >= 4 is 21.6 Å². The topological polar surface area (TPSA) is 115 Å². The number of benzene rings is 1. The quantitative estimate of drug-likeness (QED) is 0.632. The summed E-state index contributed by atoms with van der Waals surface area (Å²) in [5.41, 5.74) is 10.0. The van der Waals surface area contributed by atoms with Gasteiger partial charge in [-0.15, -0.1) is 0 Å². The van der Waals surface area contributed by atoms with E-state index in [1.165, 1.54) is 6.92 Å². The number of hydrogen-bond acceptors (Lipinski definition) is 4. The molecule has 0 aliphatic rings. The maximum Gasteiger partial charge on any atom is 0.241 e. The monoisotopic (exact) mass is 261 g/mol. The first-order valence-electron chi connectivity index (χ1n) is 4.57. The van der Waals surface area contributed by atoms with Gasteiger partial charge in [-0.05, 0) is 24.6 Å². The summed E-state index contributed by atoms with van der Waals surface area (Å²) in [5, 5.41) is 0. The number of amides is 1. The van der Waals surface area contributed by atoms with Gasteiger partial charge in [-0.3, -0.25) is 4.79 Å². The van der Waals surface area contributed by atoms with E-state index >= 15 is 0 Å². The Morgan fingerprint density at radius 3 is 2.59 bits per heavy atom. The predicted octanol–water partition coefficient (Wildman–Crippen LogP) is -0.520. The second-order valence-corrected chi connectivity index (χ2v) is 5.17. The van der Waals surface area contributed by atoms with Crippen molar-refractivity contribution < 1.29 is 17.6 Å². The van der Waals surface area contributed by atoms with E-state index < -0.39 is 28.3 Å². The van der Waals surface area contributed by atoms with Crippen molar-refractivity contribution in [3.05, 3.63) is 23.5 Å². The van der Waals surface area contributed by atoms with Gasteiger partial charge >= 0.3 is 0 Å². The van der Waals surface area contributed by atoms with Crippen molar-refractivity contribution in [3.63, 3.8) is 0 Å². The molecule has 0 heterocycles. The molecular weight excluding hydrogens is 249 g/mol. The molecule has 1 amide bonds. The highest BCUT2D eigenvalue weighted by Gasteiger charge is 2.19. The molecule has 94 valence electrons. The number of primary amides is 1. The van der Waals surface area contributed by atoms with Gasteiger partial charge < -0.3 is 11.5 Å². The molecule has 0 fully saturated rings. The van der Waals surface area contributed by atoms with Crippen molar-refractivity contribution in [2.75, 3.05) is 12.3 Å². The number of hydrogen-bond donors (Lipinski definition) is 3. The summed E-state index contributed by atoms with van der Waals surface area (Å²) in [6.07, 6.45) is 0. The van der Waals surface area contributed by atoms with Crippen LogP contribution in [0, 0.1) is 12.7 Å². The van der Waals surface area contributed by atoms with E-state index in [0.717, 1.165) is 12.1 Å². The van der Waals surface area contributed by atoms with Gasteiger partial charge in [0.15, 0.2) is 0 Å². The molecule has 5 N–H and O–H groups in total. The second kappa shape index (κ2) is 4.68. The fourth-order valence-electron chi connectivity index (χ4n) is 1.20. The second-order valence-electron chi connectivity index (χ2n) is 3.43. The summed E-state index contributed by atoms with van der Waals surface area (Å²) in [7, 11) is -3.92. The van der Waals surface area contributed by atoms with E-state index in [1.807, 2.05) is 4.72 Å². The molecule has 0 saturated carbocycles. The Morgan fingerprint density at radius 2 is 2.06 bits per heavy atom. The number of rotatable bonds is 4. The zero-order chi connectivity index (χ0) is 13.2. The van der Waals surface area contributed by atoms with Gasteiger partial charge in [0.25, 0.3) is 0 Å². The number of halogens is 1. The van der Waals surface area contributed by atoms with Crippen molar-refractivity contribution in [2.45, 2.75) is 11.8 Å². The molecule has 17 heavy (non-hydrogen) atoms. The smallest absolute Gasteiger partial charge is 0.241 e. The van der Waals surface area contributed by atoms with Crippen LogP contribution in [0.3, 0.4) is 0 Å². The van der Waals surface area contributed by atoms with Crippen LogP contribution < -0.4 is 16.2 Å². The summed E-state index contributed by atoms with van der Waals surface area (Å²) in [6.45, 7) is 0.889. The van der Waals surface area contributed by atoms with Gasteiger partial charge in [0, 0.05) is 0 Å². The van der Waals surface area contributed by atoms with E-state index in [1.54, 1.807) is 0 Å². The van der Waals surface area contributed by atoms with Crippen LogP contribution in [0.25, 0.3) is 0 Å². The Morgan fingerprint density at radius 1 is 1.47 bits per heavy atom. The summed E-state index contributed by atoms with van der Waals surface area (Å²) in [4.78, 5) is 10.3. The molecule has 8 heteroatoms. The summed E-state index contributed by atoms with van der Waals surface area (Å²) < 4.78 is 38.5. The van der Waals surface area contributed by atoms with Crippen LogP contribution in [0.4, 0.5) is 10.1 Å². The molecule has 0 atom stereocenters. The van der Waals surface area contributed by atoms with Crippen LogP contribution >= 0.6 is 0 Å². The van der Waals surface area contributed by atoms with E-state index in [4.69, 9.17) is 11.5 Å². The minimum Gasteiger partial charge on any atom is -0.396 e. The first-order chi connectivity index (χ1) is 7.74. The Bertz CT molecular complexity index is 557. The molecule has 0 aliphatic heterocycles. The highest BCUT2D eigenvalue weighted by molar-refractivity contribution is 7.89. The van der Waals surface area contributed by atoms with Gasteiger partial charge in [-0.2, -0.15) is 0 Å². The summed E-state index contributed by atoms with van der Waals surface area (Å²) in [5.74, 6) is -1.52. The first-order valence-corrected chi connectivity index (χ1v) is 6.06. The molecule has 1 rings (SSSR count). The maximum absolute atomic E-state index is 13.0. The molecular formula is C9H12FN3O3S. The highest BCUT2D eigenvalue weighted by Crippen LogP contribution is 2.21. The lowest BCUT2D eigenvalue weighted by Gasteiger charge is -2.09. The lowest BCUT2D eigenvalue weighted by atomic mass is 10.2. The van der Waals surface area contributed by atoms with Gasteiger partial charge in [-0.1, -0.05) is 0 Å². The summed E-state index contributed by atoms with van der Waals surface area (Å²) >= 11 is 0. The fraction of sp³-hybridized carbons (Fsp3) is 0.222. The molecule has 0 spiro atoms. The number of sulfonamides is 1. The fourth-order valence-corrected chi connectivity index (χ4v) is 2.45. The Labute approximate surface area is 97.8 Å². The maximum atomic E-state index is 13.0. The number of carbonyl (C=O) groups excluding carboxylic acids is 1. The van der Waals surface area contributed by atoms with Crippen molar-refractivity contribution in [2.24, 2.45) is 5.73 Å². The zero-order valence-electron chi connectivity index (χ0n) is 9.03. The average Bonchev–Trinajstić information content (AvgIpc) is 2.20. The van der Waals surface area contributed by atoms with Crippen molar-refractivity contribution in [1.82, 2.24) is 4.72 Å². The number of aryl methyl sites for hydroxylation is 1. The SMILES string of the molecule is Cc1cc(F)c(N)cc1S(=O)(=O)NCC(N)=O. The molecule has 0 aliphatic carbocycles. The Hall–Kier alpha value is -1.67. The largest absolute Gasteiger partial charge is 0.396 e. The average molecular weight is 261 g/mol. The van der Waals surface area contributed by atoms with Gasteiger partial charge in [0.2, 0.25) is 15.9 Å².